The van der Waals surface area contributed by atoms with Gasteiger partial charge in [0.15, 0.2) is 0 Å². The second-order valence-electron chi connectivity index (χ2n) is 3.43. The summed E-state index contributed by atoms with van der Waals surface area (Å²) in [6, 6.07) is 0. The van der Waals surface area contributed by atoms with Crippen molar-refractivity contribution in [3.05, 3.63) is 11.3 Å². The number of hydrogen-bond acceptors (Lipinski definition) is 4. The van der Waals surface area contributed by atoms with E-state index in [0.29, 0.717) is 5.25 Å². The quantitative estimate of drug-likeness (QED) is 0.805. The molecular formula is C9H14N2O2S. The maximum atomic E-state index is 9.22. The Bertz CT molecular complexity index is 334. The molecule has 78 valence electrons. The Kier molecular flexibility index (Phi) is 2.80. The molecule has 0 atom stereocenters. The monoisotopic (exact) mass is 214 g/mol. The molecule has 1 aromatic heterocycles. The van der Waals surface area contributed by atoms with Crippen molar-refractivity contribution < 1.29 is 9.84 Å². The Morgan fingerprint density at radius 3 is 2.86 bits per heavy atom. The van der Waals surface area contributed by atoms with Crippen LogP contribution < -0.4 is 0 Å². The fraction of sp³-hybridized carbons (Fsp3) is 0.667. The van der Waals surface area contributed by atoms with Crippen molar-refractivity contribution in [1.82, 2.24) is 9.78 Å². The van der Waals surface area contributed by atoms with Gasteiger partial charge in [-0.2, -0.15) is 5.10 Å². The lowest BCUT2D eigenvalue weighted by atomic mass is 10.3. The Balaban J connectivity index is 2.20. The Morgan fingerprint density at radius 2 is 2.36 bits per heavy atom. The third-order valence-corrected chi connectivity index (χ3v) is 3.67. The minimum absolute atomic E-state index is 0.0651. The molecule has 1 aliphatic heterocycles. The zero-order valence-electron chi connectivity index (χ0n) is 8.36. The average molecular weight is 214 g/mol. The maximum Gasteiger partial charge on any atom is 0.0999 e. The first-order valence-corrected chi connectivity index (χ1v) is 5.48. The van der Waals surface area contributed by atoms with E-state index < -0.39 is 0 Å². The highest BCUT2D eigenvalue weighted by Gasteiger charge is 2.23. The molecule has 0 spiro atoms. The van der Waals surface area contributed by atoms with Crippen LogP contribution in [0.1, 0.15) is 11.3 Å². The van der Waals surface area contributed by atoms with Crippen molar-refractivity contribution in [1.29, 1.82) is 0 Å². The van der Waals surface area contributed by atoms with Gasteiger partial charge in [-0.1, -0.05) is 11.8 Å². The van der Waals surface area contributed by atoms with E-state index in [1.165, 1.54) is 0 Å². The van der Waals surface area contributed by atoms with Crippen molar-refractivity contribution >= 4 is 11.8 Å². The average Bonchev–Trinajstić information content (AvgIpc) is 2.33. The number of aromatic nitrogens is 2. The third kappa shape index (κ3) is 1.67. The van der Waals surface area contributed by atoms with E-state index in [4.69, 9.17) is 4.74 Å². The molecule has 14 heavy (non-hydrogen) atoms. The molecule has 1 aliphatic rings. The minimum atomic E-state index is 0.0651. The molecule has 1 N–H and O–H groups in total. The first-order chi connectivity index (χ1) is 6.72. The first-order valence-electron chi connectivity index (χ1n) is 4.60. The van der Waals surface area contributed by atoms with Gasteiger partial charge in [-0.05, 0) is 6.92 Å². The Morgan fingerprint density at radius 1 is 1.64 bits per heavy atom. The third-order valence-electron chi connectivity index (χ3n) is 2.33. The molecule has 1 aromatic rings. The van der Waals surface area contributed by atoms with Gasteiger partial charge in [0.1, 0.15) is 0 Å². The minimum Gasteiger partial charge on any atom is -0.392 e. The summed E-state index contributed by atoms with van der Waals surface area (Å²) >= 11 is 1.74. The van der Waals surface area contributed by atoms with Gasteiger partial charge in [-0.25, -0.2) is 0 Å². The van der Waals surface area contributed by atoms with Crippen LogP contribution in [0.3, 0.4) is 0 Å². The fourth-order valence-corrected chi connectivity index (χ4v) is 2.64. The van der Waals surface area contributed by atoms with Crippen LogP contribution in [-0.4, -0.2) is 33.4 Å². The summed E-state index contributed by atoms with van der Waals surface area (Å²) in [6.07, 6.45) is 0. The number of hydrogen-bond donors (Lipinski definition) is 1. The molecular weight excluding hydrogens is 200 g/mol. The van der Waals surface area contributed by atoms with Crippen molar-refractivity contribution in [2.75, 3.05) is 13.2 Å². The van der Waals surface area contributed by atoms with Gasteiger partial charge in [0.25, 0.3) is 0 Å². The molecule has 0 radical (unpaired) electrons. The Labute approximate surface area is 87.3 Å². The van der Waals surface area contributed by atoms with Gasteiger partial charge < -0.3 is 9.84 Å². The standard InChI is InChI=1S/C9H14N2O2S/c1-6-8(3-12)9(11(2)10-6)14-7-4-13-5-7/h7,12H,3-5H2,1-2H3. The number of thioether (sulfide) groups is 1. The van der Waals surface area contributed by atoms with Crippen molar-refractivity contribution in [3.8, 4) is 0 Å². The second-order valence-corrected chi connectivity index (χ2v) is 4.72. The molecule has 2 heterocycles. The highest BCUT2D eigenvalue weighted by molar-refractivity contribution is 8.00. The second kappa shape index (κ2) is 3.92. The van der Waals surface area contributed by atoms with Gasteiger partial charge >= 0.3 is 0 Å². The summed E-state index contributed by atoms with van der Waals surface area (Å²) in [4.78, 5) is 0. The highest BCUT2D eigenvalue weighted by Crippen LogP contribution is 2.31. The number of aryl methyl sites for hydroxylation is 2. The van der Waals surface area contributed by atoms with Crippen LogP contribution in [0.2, 0.25) is 0 Å². The van der Waals surface area contributed by atoms with Crippen LogP contribution in [0.4, 0.5) is 0 Å². The van der Waals surface area contributed by atoms with E-state index in [2.05, 4.69) is 5.10 Å². The van der Waals surface area contributed by atoms with Crippen LogP contribution in [0.5, 0.6) is 0 Å². The fourth-order valence-electron chi connectivity index (χ4n) is 1.45. The molecule has 0 saturated carbocycles. The SMILES string of the molecule is Cc1nn(C)c(SC2COC2)c1CO. The summed E-state index contributed by atoms with van der Waals surface area (Å²) in [5.41, 5.74) is 1.86. The molecule has 2 rings (SSSR count). The number of ether oxygens (including phenoxy) is 1. The Hall–Kier alpha value is -0.520. The number of nitrogens with zero attached hydrogens (tertiary/aromatic N) is 2. The zero-order chi connectivity index (χ0) is 10.1. The van der Waals surface area contributed by atoms with Crippen molar-refractivity contribution in [2.45, 2.75) is 23.8 Å². The number of rotatable bonds is 3. The molecule has 0 aliphatic carbocycles. The van der Waals surface area contributed by atoms with E-state index in [-0.39, 0.29) is 6.61 Å². The molecule has 4 nitrogen and oxygen atoms in total. The largest absolute Gasteiger partial charge is 0.392 e. The predicted molar refractivity (Wildman–Crippen MR) is 54.3 cm³/mol. The van der Waals surface area contributed by atoms with Crippen molar-refractivity contribution in [3.63, 3.8) is 0 Å². The van der Waals surface area contributed by atoms with E-state index in [0.717, 1.165) is 29.5 Å². The first kappa shape index (κ1) is 10.0. The topological polar surface area (TPSA) is 47.3 Å². The number of aliphatic hydroxyl groups excluding tert-OH is 1. The lowest BCUT2D eigenvalue weighted by Crippen LogP contribution is -2.30. The smallest absolute Gasteiger partial charge is 0.0999 e. The van der Waals surface area contributed by atoms with Gasteiger partial charge in [0.05, 0.1) is 35.8 Å². The van der Waals surface area contributed by atoms with Crippen LogP contribution in [0, 0.1) is 6.92 Å². The summed E-state index contributed by atoms with van der Waals surface area (Å²) < 4.78 is 6.95. The lowest BCUT2D eigenvalue weighted by Gasteiger charge is -2.25. The molecule has 1 fully saturated rings. The summed E-state index contributed by atoms with van der Waals surface area (Å²) in [5, 5.41) is 15.1. The van der Waals surface area contributed by atoms with Gasteiger partial charge in [-0.3, -0.25) is 4.68 Å². The predicted octanol–water partition coefficient (Wildman–Crippen LogP) is 0.712. The lowest BCUT2D eigenvalue weighted by molar-refractivity contribution is 0.0454. The van der Waals surface area contributed by atoms with Crippen molar-refractivity contribution in [2.24, 2.45) is 7.05 Å². The molecule has 0 aromatic carbocycles. The van der Waals surface area contributed by atoms with Crippen LogP contribution in [0.15, 0.2) is 5.03 Å². The molecule has 0 unspecified atom stereocenters. The van der Waals surface area contributed by atoms with E-state index in [1.807, 2.05) is 18.7 Å². The van der Waals surface area contributed by atoms with Crippen LogP contribution >= 0.6 is 11.8 Å². The highest BCUT2D eigenvalue weighted by atomic mass is 32.2. The molecule has 5 heteroatoms. The summed E-state index contributed by atoms with van der Waals surface area (Å²) in [7, 11) is 1.91. The van der Waals surface area contributed by atoms with E-state index in [9.17, 15) is 5.11 Å². The summed E-state index contributed by atoms with van der Waals surface area (Å²) in [6.45, 7) is 3.60. The summed E-state index contributed by atoms with van der Waals surface area (Å²) in [5.74, 6) is 0. The zero-order valence-corrected chi connectivity index (χ0v) is 9.17. The van der Waals surface area contributed by atoms with E-state index >= 15 is 0 Å². The van der Waals surface area contributed by atoms with Gasteiger partial charge in [-0.15, -0.1) is 0 Å². The van der Waals surface area contributed by atoms with E-state index in [1.54, 1.807) is 11.8 Å². The van der Waals surface area contributed by atoms with Gasteiger partial charge in [0, 0.05) is 12.6 Å². The van der Waals surface area contributed by atoms with Gasteiger partial charge in [0.2, 0.25) is 0 Å². The normalized spacial score (nSPS) is 17.1. The maximum absolute atomic E-state index is 9.22. The molecule has 0 amide bonds. The van der Waals surface area contributed by atoms with Crippen LogP contribution in [-0.2, 0) is 18.4 Å². The molecule has 0 bridgehead atoms. The molecule has 1 saturated heterocycles. The number of aliphatic hydroxyl groups is 1. The van der Waals surface area contributed by atoms with Crippen LogP contribution in [0.25, 0.3) is 0 Å².